The fourth-order valence-corrected chi connectivity index (χ4v) is 3.04. The molecule has 0 spiro atoms. The van der Waals surface area contributed by atoms with E-state index in [1.54, 1.807) is 0 Å². The van der Waals surface area contributed by atoms with Crippen LogP contribution in [0.15, 0.2) is 53.0 Å². The van der Waals surface area contributed by atoms with Crippen LogP contribution in [0.5, 0.6) is 0 Å². The third kappa shape index (κ3) is 4.92. The highest BCUT2D eigenvalue weighted by molar-refractivity contribution is 9.10. The number of rotatable bonds is 9. The van der Waals surface area contributed by atoms with Gasteiger partial charge in [-0.1, -0.05) is 56.7 Å². The quantitative estimate of drug-likeness (QED) is 0.452. The van der Waals surface area contributed by atoms with E-state index >= 15 is 0 Å². The van der Waals surface area contributed by atoms with Gasteiger partial charge in [0.15, 0.2) is 0 Å². The van der Waals surface area contributed by atoms with Crippen molar-refractivity contribution in [1.82, 2.24) is 9.78 Å². The maximum Gasteiger partial charge on any atom is 0.145 e. The summed E-state index contributed by atoms with van der Waals surface area (Å²) in [7, 11) is 0. The van der Waals surface area contributed by atoms with Gasteiger partial charge in [0.2, 0.25) is 0 Å². The first-order valence-electron chi connectivity index (χ1n) is 8.61. The average molecular weight is 402 g/mol. The number of nitrogens with zero attached hydrogens (tertiary/aromatic N) is 2. The summed E-state index contributed by atoms with van der Waals surface area (Å²) in [6.45, 7) is 4.50. The Bertz CT molecular complexity index is 748. The van der Waals surface area contributed by atoms with Gasteiger partial charge in [0.05, 0.1) is 16.7 Å². The van der Waals surface area contributed by atoms with Crippen molar-refractivity contribution < 1.29 is 4.79 Å². The van der Waals surface area contributed by atoms with Crippen molar-refractivity contribution in [1.29, 1.82) is 0 Å². The summed E-state index contributed by atoms with van der Waals surface area (Å²) in [5.74, 6) is 0.778. The Morgan fingerprint density at radius 2 is 2.04 bits per heavy atom. The number of hydrogen-bond donors (Lipinski definition) is 1. The first-order valence-corrected chi connectivity index (χ1v) is 9.40. The number of aldehydes is 1. The number of unbranched alkanes of at least 4 members (excludes halogenated alkanes) is 1. The Morgan fingerprint density at radius 1 is 1.28 bits per heavy atom. The summed E-state index contributed by atoms with van der Waals surface area (Å²) in [4.78, 5) is 10.8. The molecule has 25 heavy (non-hydrogen) atoms. The highest BCUT2D eigenvalue weighted by atomic mass is 79.9. The predicted molar refractivity (Wildman–Crippen MR) is 108 cm³/mol. The molecule has 1 aromatic heterocycles. The van der Waals surface area contributed by atoms with E-state index in [0.29, 0.717) is 0 Å². The molecule has 0 aliphatic rings. The number of aromatic nitrogens is 2. The van der Waals surface area contributed by atoms with Crippen molar-refractivity contribution >= 4 is 33.6 Å². The van der Waals surface area contributed by atoms with E-state index in [0.717, 1.165) is 52.8 Å². The first-order chi connectivity index (χ1) is 12.2. The molecule has 0 saturated heterocycles. The molecule has 0 aliphatic carbocycles. The minimum atomic E-state index is 0.232. The number of nitrogens with one attached hydrogen (secondary N) is 1. The summed E-state index contributed by atoms with van der Waals surface area (Å²) in [6, 6.07) is 9.90. The lowest BCUT2D eigenvalue weighted by atomic mass is 10.1. The molecule has 132 valence electrons. The lowest BCUT2D eigenvalue weighted by Crippen LogP contribution is -2.08. The van der Waals surface area contributed by atoms with Gasteiger partial charge in [-0.15, -0.1) is 0 Å². The molecule has 1 N–H and O–H groups in total. The average Bonchev–Trinajstić information content (AvgIpc) is 2.97. The molecule has 0 aliphatic heterocycles. The van der Waals surface area contributed by atoms with Gasteiger partial charge in [-0.05, 0) is 46.5 Å². The maximum absolute atomic E-state index is 10.8. The van der Waals surface area contributed by atoms with Gasteiger partial charge in [-0.25, -0.2) is 4.68 Å². The minimum absolute atomic E-state index is 0.232. The second-order valence-electron chi connectivity index (χ2n) is 5.56. The Balaban J connectivity index is 2.56. The van der Waals surface area contributed by atoms with E-state index in [9.17, 15) is 4.79 Å². The number of anilines is 1. The lowest BCUT2D eigenvalue weighted by molar-refractivity contribution is -0.106. The molecule has 0 unspecified atom stereocenters. The molecule has 0 bridgehead atoms. The van der Waals surface area contributed by atoms with Crippen molar-refractivity contribution in [3.05, 3.63) is 58.7 Å². The van der Waals surface area contributed by atoms with Crippen molar-refractivity contribution in [2.45, 2.75) is 33.1 Å². The smallest absolute Gasteiger partial charge is 0.145 e. The van der Waals surface area contributed by atoms with Gasteiger partial charge in [-0.2, -0.15) is 5.10 Å². The molecular weight excluding hydrogens is 378 g/mol. The highest BCUT2D eigenvalue weighted by Gasteiger charge is 2.18. The van der Waals surface area contributed by atoms with Crippen LogP contribution in [0.3, 0.4) is 0 Å². The normalized spacial score (nSPS) is 11.9. The third-order valence-corrected chi connectivity index (χ3v) is 4.39. The van der Waals surface area contributed by atoms with Crippen LogP contribution in [-0.2, 0) is 4.79 Å². The van der Waals surface area contributed by atoms with Crippen LogP contribution < -0.4 is 5.32 Å². The van der Waals surface area contributed by atoms with Crippen LogP contribution in [0.2, 0.25) is 0 Å². The second-order valence-corrected chi connectivity index (χ2v) is 6.36. The SMILES string of the molecule is CC/C=C\C(=C/CCC)c1nn(-c2ccccc2)c(NCC=O)c1Br. The van der Waals surface area contributed by atoms with Crippen molar-refractivity contribution in [2.24, 2.45) is 0 Å². The van der Waals surface area contributed by atoms with Gasteiger partial charge in [0.25, 0.3) is 0 Å². The van der Waals surface area contributed by atoms with Crippen LogP contribution in [-0.4, -0.2) is 22.6 Å². The summed E-state index contributed by atoms with van der Waals surface area (Å²) < 4.78 is 2.70. The summed E-state index contributed by atoms with van der Waals surface area (Å²) >= 11 is 3.68. The number of allylic oxidation sites excluding steroid dienone is 4. The van der Waals surface area contributed by atoms with Gasteiger partial charge in [-0.3, -0.25) is 0 Å². The van der Waals surface area contributed by atoms with Gasteiger partial charge < -0.3 is 10.1 Å². The summed E-state index contributed by atoms with van der Waals surface area (Å²) in [5, 5.41) is 7.96. The fraction of sp³-hybridized carbons (Fsp3) is 0.300. The largest absolute Gasteiger partial charge is 0.362 e. The number of para-hydroxylation sites is 1. The Hall–Kier alpha value is -2.14. The highest BCUT2D eigenvalue weighted by Crippen LogP contribution is 2.34. The number of carbonyl (C=O) groups is 1. The molecule has 0 amide bonds. The Morgan fingerprint density at radius 3 is 2.68 bits per heavy atom. The molecule has 4 nitrogen and oxygen atoms in total. The third-order valence-electron chi connectivity index (χ3n) is 3.64. The number of carbonyl (C=O) groups excluding carboxylic acids is 1. The zero-order chi connectivity index (χ0) is 18.1. The van der Waals surface area contributed by atoms with Crippen LogP contribution in [0, 0.1) is 0 Å². The zero-order valence-electron chi connectivity index (χ0n) is 14.7. The van der Waals surface area contributed by atoms with E-state index in [1.165, 1.54) is 0 Å². The van der Waals surface area contributed by atoms with E-state index in [-0.39, 0.29) is 6.54 Å². The maximum atomic E-state index is 10.8. The van der Waals surface area contributed by atoms with Gasteiger partial charge >= 0.3 is 0 Å². The molecule has 5 heteroatoms. The molecular formula is C20H24BrN3O. The van der Waals surface area contributed by atoms with Crippen LogP contribution >= 0.6 is 15.9 Å². The van der Waals surface area contributed by atoms with Crippen molar-refractivity contribution in [3.8, 4) is 5.69 Å². The van der Waals surface area contributed by atoms with Gasteiger partial charge in [0, 0.05) is 0 Å². The summed E-state index contributed by atoms with van der Waals surface area (Å²) in [6.07, 6.45) is 10.3. The van der Waals surface area contributed by atoms with Crippen LogP contribution in [0.25, 0.3) is 11.3 Å². The number of halogens is 1. The number of hydrogen-bond acceptors (Lipinski definition) is 3. The van der Waals surface area contributed by atoms with E-state index in [1.807, 2.05) is 35.0 Å². The zero-order valence-corrected chi connectivity index (χ0v) is 16.3. The Kier molecular flexibility index (Phi) is 7.67. The molecule has 0 fully saturated rings. The van der Waals surface area contributed by atoms with E-state index in [4.69, 9.17) is 5.10 Å². The molecule has 1 heterocycles. The molecule has 0 atom stereocenters. The second kappa shape index (κ2) is 9.99. The predicted octanol–water partition coefficient (Wildman–Crippen LogP) is 5.40. The van der Waals surface area contributed by atoms with Gasteiger partial charge in [0.1, 0.15) is 17.8 Å². The minimum Gasteiger partial charge on any atom is -0.362 e. The van der Waals surface area contributed by atoms with Crippen molar-refractivity contribution in [3.63, 3.8) is 0 Å². The lowest BCUT2D eigenvalue weighted by Gasteiger charge is -2.07. The van der Waals surface area contributed by atoms with E-state index in [2.05, 4.69) is 53.3 Å². The van der Waals surface area contributed by atoms with Crippen LogP contribution in [0.4, 0.5) is 5.82 Å². The Labute approximate surface area is 157 Å². The monoisotopic (exact) mass is 401 g/mol. The molecule has 0 radical (unpaired) electrons. The topological polar surface area (TPSA) is 46.9 Å². The number of benzene rings is 1. The molecule has 0 saturated carbocycles. The van der Waals surface area contributed by atoms with E-state index < -0.39 is 0 Å². The van der Waals surface area contributed by atoms with Crippen LogP contribution in [0.1, 0.15) is 38.8 Å². The standard InChI is InChI=1S/C20H24BrN3O/c1-3-5-10-16(11-6-4-2)19-18(21)20(22-14-15-25)24(23-19)17-12-8-7-9-13-17/h5,7-13,15,22H,3-4,6,14H2,1-2H3/b10-5-,16-11+. The summed E-state index contributed by atoms with van der Waals surface area (Å²) in [5.41, 5.74) is 2.90. The molecule has 2 rings (SSSR count). The first kappa shape index (κ1) is 19.2. The fourth-order valence-electron chi connectivity index (χ4n) is 2.42. The van der Waals surface area contributed by atoms with Crippen molar-refractivity contribution in [2.75, 3.05) is 11.9 Å². The molecule has 1 aromatic carbocycles. The molecule has 2 aromatic rings.